The minimum absolute atomic E-state index is 0.128. The third-order valence-corrected chi connectivity index (χ3v) is 10.3. The zero-order chi connectivity index (χ0) is 33.4. The van der Waals surface area contributed by atoms with Crippen molar-refractivity contribution in [3.8, 4) is 39.9 Å². The number of thiophene rings is 1. The molecule has 0 saturated heterocycles. The fourth-order valence-corrected chi connectivity index (χ4v) is 7.95. The van der Waals surface area contributed by atoms with E-state index in [0.717, 1.165) is 27.8 Å². The highest BCUT2D eigenvalue weighted by Crippen LogP contribution is 2.43. The van der Waals surface area contributed by atoms with Crippen molar-refractivity contribution in [2.24, 2.45) is 0 Å². The number of fused-ring (bicyclic) bond motifs is 7. The van der Waals surface area contributed by atoms with Gasteiger partial charge in [-0.1, -0.05) is 102 Å². The number of rotatable bonds is 4. The van der Waals surface area contributed by atoms with Gasteiger partial charge in [-0.3, -0.25) is 0 Å². The van der Waals surface area contributed by atoms with Crippen molar-refractivity contribution in [1.82, 2.24) is 19.5 Å². The second-order valence-electron chi connectivity index (χ2n) is 12.0. The van der Waals surface area contributed by atoms with Gasteiger partial charge in [0.05, 0.1) is 15.7 Å². The third kappa shape index (κ3) is 4.62. The predicted molar refractivity (Wildman–Crippen MR) is 210 cm³/mol. The summed E-state index contributed by atoms with van der Waals surface area (Å²) in [6.07, 6.45) is 0. The van der Waals surface area contributed by atoms with Gasteiger partial charge in [0.2, 0.25) is 0 Å². The van der Waals surface area contributed by atoms with Crippen molar-refractivity contribution < 1.29 is 0 Å². The average Bonchev–Trinajstić information content (AvgIpc) is 3.70. The van der Waals surface area contributed by atoms with E-state index in [4.69, 9.17) is 54.2 Å². The molecular weight excluding hydrogens is 611 g/mol. The number of hydrogen-bond acceptors (Lipinski definition) is 4. The van der Waals surface area contributed by atoms with Gasteiger partial charge in [0.1, 0.15) is 39.2 Å². The molecule has 0 bridgehead atoms. The monoisotopic (exact) mass is 630 g/mol. The van der Waals surface area contributed by atoms with Crippen LogP contribution in [0.5, 0.6) is 0 Å². The molecule has 9 rings (SSSR count). The lowest BCUT2D eigenvalue weighted by atomic mass is 9.60. The number of para-hydroxylation sites is 1. The van der Waals surface area contributed by atoms with E-state index in [9.17, 15) is 0 Å². The Balaban J connectivity index is 1.31. The van der Waals surface area contributed by atoms with Crippen molar-refractivity contribution in [3.63, 3.8) is 0 Å². The van der Waals surface area contributed by atoms with Gasteiger partial charge in [-0.15, -0.1) is 27.7 Å². The Bertz CT molecular complexity index is 2760. The Kier molecular flexibility index (Phi) is 6.92. The largest absolute Gasteiger partial charge is 0.308 e. The summed E-state index contributed by atoms with van der Waals surface area (Å²) >= 11 is 1.81. The highest BCUT2D eigenvalue weighted by atomic mass is 32.1. The molecule has 10 radical (unpaired) electrons. The van der Waals surface area contributed by atoms with E-state index in [1.54, 1.807) is 0 Å². The Hall–Kier alpha value is -5.33. The standard InChI is InChI=1S/C39H19B5N4S/c40-30-29(31(41)33(43)34(44)32(30)42)39-46-37(20-9-2-1-3-10-20)45-38(47-39)21-11-8-12-22(19-21)48-27-15-6-4-13-23(27)25-17-18-26-24-14-5-7-16-28(24)49-36(26)35(25)48/h1-19H. The smallest absolute Gasteiger partial charge is 0.164 e. The van der Waals surface area contributed by atoms with Crippen LogP contribution in [0.15, 0.2) is 115 Å². The first kappa shape index (κ1) is 29.8. The molecule has 10 heteroatoms. The highest BCUT2D eigenvalue weighted by molar-refractivity contribution is 7.26. The molecule has 0 aliphatic rings. The number of benzene rings is 6. The van der Waals surface area contributed by atoms with E-state index in [0.29, 0.717) is 17.2 Å². The molecule has 0 unspecified atom stereocenters. The molecular formula is C39H19B5N4S. The Morgan fingerprint density at radius 1 is 0.469 bits per heavy atom. The molecule has 0 aliphatic carbocycles. The van der Waals surface area contributed by atoms with Crippen LogP contribution in [0.1, 0.15) is 0 Å². The molecule has 0 saturated carbocycles. The Morgan fingerprint density at radius 2 is 1.06 bits per heavy atom. The summed E-state index contributed by atoms with van der Waals surface area (Å²) in [7, 11) is 31.6. The van der Waals surface area contributed by atoms with Gasteiger partial charge in [-0.05, 0) is 24.3 Å². The molecule has 0 spiro atoms. The molecule has 49 heavy (non-hydrogen) atoms. The highest BCUT2D eigenvalue weighted by Gasteiger charge is 2.20. The summed E-state index contributed by atoms with van der Waals surface area (Å²) in [5.74, 6) is 1.13. The molecule has 0 fully saturated rings. The number of aromatic nitrogens is 4. The van der Waals surface area contributed by atoms with Crippen LogP contribution in [0.4, 0.5) is 0 Å². The maximum absolute atomic E-state index is 6.49. The molecule has 0 atom stereocenters. The summed E-state index contributed by atoms with van der Waals surface area (Å²) < 4.78 is 4.83. The van der Waals surface area contributed by atoms with E-state index in [1.165, 1.54) is 30.9 Å². The Labute approximate surface area is 293 Å². The van der Waals surface area contributed by atoms with Crippen LogP contribution in [-0.2, 0) is 0 Å². The molecule has 4 nitrogen and oxygen atoms in total. The zero-order valence-corrected chi connectivity index (χ0v) is 26.9. The fourth-order valence-electron chi connectivity index (χ4n) is 6.71. The lowest BCUT2D eigenvalue weighted by Crippen LogP contribution is -2.55. The summed E-state index contributed by atoms with van der Waals surface area (Å²) in [5.41, 5.74) is 5.83. The van der Waals surface area contributed by atoms with Crippen LogP contribution < -0.4 is 27.3 Å². The van der Waals surface area contributed by atoms with Gasteiger partial charge < -0.3 is 4.57 Å². The summed E-state index contributed by atoms with van der Waals surface area (Å²) in [6, 6.07) is 39.4. The van der Waals surface area contributed by atoms with E-state index < -0.39 is 0 Å². The van der Waals surface area contributed by atoms with Gasteiger partial charge in [0.15, 0.2) is 17.5 Å². The van der Waals surface area contributed by atoms with Crippen LogP contribution in [0.2, 0.25) is 0 Å². The average molecular weight is 630 g/mol. The number of hydrogen-bond donors (Lipinski definition) is 0. The summed E-state index contributed by atoms with van der Waals surface area (Å²) in [6.45, 7) is 0. The molecule has 0 N–H and O–H groups in total. The maximum atomic E-state index is 6.49. The molecule has 6 aromatic carbocycles. The van der Waals surface area contributed by atoms with E-state index in [2.05, 4.69) is 77.4 Å². The Morgan fingerprint density at radius 3 is 1.84 bits per heavy atom. The molecule has 3 heterocycles. The zero-order valence-electron chi connectivity index (χ0n) is 26.1. The van der Waals surface area contributed by atoms with E-state index in [1.807, 2.05) is 53.8 Å². The van der Waals surface area contributed by atoms with Crippen molar-refractivity contribution in [3.05, 3.63) is 115 Å². The third-order valence-electron chi connectivity index (χ3n) is 9.13. The van der Waals surface area contributed by atoms with Gasteiger partial charge in [-0.25, -0.2) is 15.0 Å². The second-order valence-corrected chi connectivity index (χ2v) is 13.0. The minimum atomic E-state index is 0.128. The fraction of sp³-hybridized carbons (Fsp3) is 0. The van der Waals surface area contributed by atoms with Crippen LogP contribution in [0, 0.1) is 0 Å². The minimum Gasteiger partial charge on any atom is -0.308 e. The number of nitrogens with zero attached hydrogens (tertiary/aromatic N) is 4. The van der Waals surface area contributed by atoms with Crippen molar-refractivity contribution in [1.29, 1.82) is 0 Å². The first-order valence-corrected chi connectivity index (χ1v) is 16.5. The van der Waals surface area contributed by atoms with Crippen molar-refractivity contribution in [2.75, 3.05) is 0 Å². The van der Waals surface area contributed by atoms with E-state index in [-0.39, 0.29) is 33.1 Å². The molecule has 216 valence electrons. The van der Waals surface area contributed by atoms with Crippen LogP contribution in [-0.4, -0.2) is 58.8 Å². The topological polar surface area (TPSA) is 43.6 Å². The van der Waals surface area contributed by atoms with Gasteiger partial charge in [0, 0.05) is 48.6 Å². The maximum Gasteiger partial charge on any atom is 0.164 e. The van der Waals surface area contributed by atoms with Gasteiger partial charge in [0.25, 0.3) is 0 Å². The predicted octanol–water partition coefficient (Wildman–Crippen LogP) is 4.31. The van der Waals surface area contributed by atoms with Gasteiger partial charge >= 0.3 is 0 Å². The lowest BCUT2D eigenvalue weighted by Gasteiger charge is -2.20. The van der Waals surface area contributed by atoms with Crippen molar-refractivity contribution in [2.45, 2.75) is 0 Å². The second kappa shape index (κ2) is 11.4. The normalized spacial score (nSPS) is 11.7. The van der Waals surface area contributed by atoms with Crippen molar-refractivity contribution >= 4 is 120 Å². The van der Waals surface area contributed by atoms with Crippen LogP contribution in [0.3, 0.4) is 0 Å². The molecule has 0 aliphatic heterocycles. The van der Waals surface area contributed by atoms with E-state index >= 15 is 0 Å². The van der Waals surface area contributed by atoms with Crippen LogP contribution >= 0.6 is 11.3 Å². The summed E-state index contributed by atoms with van der Waals surface area (Å²) in [5, 5.41) is 4.86. The quantitative estimate of drug-likeness (QED) is 0.273. The summed E-state index contributed by atoms with van der Waals surface area (Å²) in [4.78, 5) is 14.7. The molecule has 3 aromatic heterocycles. The van der Waals surface area contributed by atoms with Gasteiger partial charge in [-0.2, -0.15) is 0 Å². The first-order chi connectivity index (χ1) is 23.9. The van der Waals surface area contributed by atoms with Crippen LogP contribution in [0.25, 0.3) is 81.8 Å². The molecule has 0 amide bonds. The molecule has 9 aromatic rings. The first-order valence-electron chi connectivity index (χ1n) is 15.7. The SMILES string of the molecule is [B]c1c([B])c([B])c(-c2nc(-c3ccccc3)nc(-c3cccc(-n4c5ccccc5c5ccc6c7ccccc7sc6c54)c3)n2)c([B])c1[B]. The lowest BCUT2D eigenvalue weighted by molar-refractivity contribution is 1.07.